The van der Waals surface area contributed by atoms with E-state index in [1.165, 1.54) is 18.0 Å². The number of benzene rings is 1. The van der Waals surface area contributed by atoms with Crippen molar-refractivity contribution >= 4 is 29.1 Å². The Bertz CT molecular complexity index is 1410. The van der Waals surface area contributed by atoms with Crippen LogP contribution in [-0.2, 0) is 16.8 Å². The van der Waals surface area contributed by atoms with Gasteiger partial charge in [0, 0.05) is 44.4 Å². The summed E-state index contributed by atoms with van der Waals surface area (Å²) in [5.41, 5.74) is 1.40. The summed E-state index contributed by atoms with van der Waals surface area (Å²) in [5.74, 6) is -3.13. The first-order valence-corrected chi connectivity index (χ1v) is 13.4. The number of amides is 2. The molecule has 0 aliphatic carbocycles. The second-order valence-corrected chi connectivity index (χ2v) is 10.8. The van der Waals surface area contributed by atoms with Gasteiger partial charge in [0.1, 0.15) is 11.4 Å². The minimum Gasteiger partial charge on any atom is -0.491 e. The average Bonchev–Trinajstić information content (AvgIpc) is 3.22. The summed E-state index contributed by atoms with van der Waals surface area (Å²) in [6.07, 6.45) is -5.25. The van der Waals surface area contributed by atoms with Crippen LogP contribution in [0.15, 0.2) is 23.2 Å². The van der Waals surface area contributed by atoms with Crippen LogP contribution in [0.25, 0.3) is 0 Å². The maximum absolute atomic E-state index is 13.7. The summed E-state index contributed by atoms with van der Waals surface area (Å²) in [4.78, 5) is 48.8. The topological polar surface area (TPSA) is 113 Å². The van der Waals surface area contributed by atoms with Crippen molar-refractivity contribution in [2.24, 2.45) is 4.99 Å². The number of ketones is 1. The third-order valence-electron chi connectivity index (χ3n) is 6.44. The van der Waals surface area contributed by atoms with Gasteiger partial charge in [-0.25, -0.2) is 4.98 Å². The molecule has 1 aromatic carbocycles. The Hall–Kier alpha value is -4.16. The molecule has 0 atom stereocenters. The van der Waals surface area contributed by atoms with Crippen molar-refractivity contribution in [3.05, 3.63) is 46.3 Å². The van der Waals surface area contributed by atoms with Crippen molar-refractivity contribution in [1.82, 2.24) is 15.2 Å². The molecule has 1 aliphatic heterocycles. The molecule has 0 fully saturated rings. The largest absolute Gasteiger partial charge is 0.491 e. The maximum Gasteiger partial charge on any atom is 0.473 e. The number of rotatable bonds is 9. The van der Waals surface area contributed by atoms with E-state index in [9.17, 15) is 27.6 Å². The second kappa shape index (κ2) is 12.4. The Labute approximate surface area is 242 Å². The van der Waals surface area contributed by atoms with Crippen LogP contribution in [0.3, 0.4) is 0 Å². The van der Waals surface area contributed by atoms with Crippen LogP contribution in [-0.4, -0.2) is 80.4 Å². The molecule has 1 aliphatic rings. The first-order valence-electron chi connectivity index (χ1n) is 13.4. The number of halogens is 3. The number of Topliss-reactive ketones (excluding diaryl/α,β-unsaturated/α-hetero) is 1. The molecule has 0 saturated heterocycles. The van der Waals surface area contributed by atoms with Crippen molar-refractivity contribution in [2.45, 2.75) is 52.8 Å². The molecule has 42 heavy (non-hydrogen) atoms. The van der Waals surface area contributed by atoms with Gasteiger partial charge in [-0.15, -0.1) is 0 Å². The zero-order valence-corrected chi connectivity index (χ0v) is 25.0. The third-order valence-corrected chi connectivity index (χ3v) is 6.44. The minimum atomic E-state index is -5.25. The highest BCUT2D eigenvalue weighted by Gasteiger charge is 2.41. The lowest BCUT2D eigenvalue weighted by molar-refractivity contribution is -0.169. The predicted octanol–water partition coefficient (Wildman–Crippen LogP) is 4.14. The first kappa shape index (κ1) is 32.4. The van der Waals surface area contributed by atoms with Gasteiger partial charge >= 0.3 is 12.1 Å². The first-order chi connectivity index (χ1) is 19.5. The van der Waals surface area contributed by atoms with E-state index in [1.54, 1.807) is 19.1 Å². The van der Waals surface area contributed by atoms with Gasteiger partial charge < -0.3 is 24.6 Å². The van der Waals surface area contributed by atoms with Gasteiger partial charge in [-0.3, -0.25) is 14.4 Å². The van der Waals surface area contributed by atoms with E-state index in [1.807, 2.05) is 46.7 Å². The smallest absolute Gasteiger partial charge is 0.473 e. The number of aromatic nitrogens is 1. The number of hydrogen-bond acceptors (Lipinski definition) is 7. The van der Waals surface area contributed by atoms with E-state index in [2.05, 4.69) is 15.3 Å². The van der Waals surface area contributed by atoms with Crippen molar-refractivity contribution in [3.63, 3.8) is 0 Å². The van der Waals surface area contributed by atoms with Gasteiger partial charge in [-0.1, -0.05) is 20.8 Å². The van der Waals surface area contributed by atoms with Gasteiger partial charge in [-0.2, -0.15) is 18.2 Å². The molecule has 10 nitrogen and oxygen atoms in total. The van der Waals surface area contributed by atoms with Gasteiger partial charge in [0.15, 0.2) is 23.1 Å². The average molecular weight is 592 g/mol. The number of ether oxygens (including phenoxy) is 2. The molecule has 1 aromatic heterocycles. The summed E-state index contributed by atoms with van der Waals surface area (Å²) in [6.45, 7) is 9.61. The summed E-state index contributed by atoms with van der Waals surface area (Å²) in [6, 6.07) is 4.85. The molecule has 3 rings (SSSR count). The maximum atomic E-state index is 13.7. The number of nitrogens with one attached hydrogen (secondary N) is 1. The molecule has 0 saturated carbocycles. The SMILES string of the molecule is CCOc1cc2c(nc1C(=O)NC)C(=NC(=O)C(F)(F)F)N(CC(=O)c1cc(N(C)C)c(OCC)c(C(C)(C)C)c1)C2. The lowest BCUT2D eigenvalue weighted by Crippen LogP contribution is -2.34. The molecule has 13 heteroatoms. The number of nitrogens with zero attached hydrogens (tertiary/aromatic N) is 4. The number of carbonyl (C=O) groups excluding carboxylic acids is 3. The Balaban J connectivity index is 2.14. The number of amidine groups is 1. The van der Waals surface area contributed by atoms with E-state index in [4.69, 9.17) is 9.47 Å². The third kappa shape index (κ3) is 6.82. The summed E-state index contributed by atoms with van der Waals surface area (Å²) >= 11 is 0. The molecule has 0 radical (unpaired) electrons. The van der Waals surface area contributed by atoms with Crippen LogP contribution >= 0.6 is 0 Å². The minimum absolute atomic E-state index is 0.0875. The van der Waals surface area contributed by atoms with E-state index in [-0.39, 0.29) is 30.3 Å². The zero-order chi connectivity index (χ0) is 31.6. The van der Waals surface area contributed by atoms with Crippen molar-refractivity contribution in [1.29, 1.82) is 0 Å². The highest BCUT2D eigenvalue weighted by Crippen LogP contribution is 2.40. The summed E-state index contributed by atoms with van der Waals surface area (Å²) < 4.78 is 51.3. The summed E-state index contributed by atoms with van der Waals surface area (Å²) in [5, 5.41) is 2.41. The molecular weight excluding hydrogens is 555 g/mol. The van der Waals surface area contributed by atoms with Gasteiger partial charge in [0.05, 0.1) is 25.4 Å². The van der Waals surface area contributed by atoms with Gasteiger partial charge in [0.25, 0.3) is 5.91 Å². The number of anilines is 1. The van der Waals surface area contributed by atoms with Crippen LogP contribution in [0.1, 0.15) is 72.3 Å². The molecule has 2 amide bonds. The number of aliphatic imine (C=N–C) groups is 1. The fraction of sp³-hybridized carbons (Fsp3) is 0.483. The van der Waals surface area contributed by atoms with E-state index < -0.39 is 41.6 Å². The highest BCUT2D eigenvalue weighted by molar-refractivity contribution is 6.11. The monoisotopic (exact) mass is 591 g/mol. The fourth-order valence-electron chi connectivity index (χ4n) is 4.46. The molecule has 1 N–H and O–H groups in total. The fourth-order valence-corrected chi connectivity index (χ4v) is 4.46. The molecule has 2 heterocycles. The van der Waals surface area contributed by atoms with Crippen LogP contribution in [0.4, 0.5) is 18.9 Å². The number of fused-ring (bicyclic) bond motifs is 1. The predicted molar refractivity (Wildman–Crippen MR) is 152 cm³/mol. The summed E-state index contributed by atoms with van der Waals surface area (Å²) in [7, 11) is 4.99. The van der Waals surface area contributed by atoms with E-state index in [0.717, 1.165) is 5.56 Å². The number of pyridine rings is 1. The van der Waals surface area contributed by atoms with E-state index >= 15 is 0 Å². The van der Waals surface area contributed by atoms with Crippen LogP contribution < -0.4 is 19.7 Å². The Morgan fingerprint density at radius 2 is 1.71 bits per heavy atom. The normalized spacial score (nSPS) is 14.1. The Morgan fingerprint density at radius 3 is 2.24 bits per heavy atom. The molecule has 0 spiro atoms. The molecular formula is C29H36F3N5O5. The number of carbonyl (C=O) groups is 3. The van der Waals surface area contributed by atoms with Gasteiger partial charge in [-0.05, 0) is 37.5 Å². The standard InChI is InChI=1S/C29H36F3N5O5/c1-9-41-21-13-17-14-37(25(35-27(40)29(30,31)32)22(17)34-23(21)26(39)33-6)15-20(38)16-11-18(28(3,4)5)24(42-10-2)19(12-16)36(7)8/h11-13H,9-10,14-15H2,1-8H3,(H,33,39). The number of hydrogen-bond donors (Lipinski definition) is 1. The van der Waals surface area contributed by atoms with Crippen LogP contribution in [0.5, 0.6) is 11.5 Å². The van der Waals surface area contributed by atoms with Crippen LogP contribution in [0.2, 0.25) is 0 Å². The Kier molecular flexibility index (Phi) is 9.53. The lowest BCUT2D eigenvalue weighted by atomic mass is 9.84. The quantitative estimate of drug-likeness (QED) is 0.433. The van der Waals surface area contributed by atoms with E-state index in [0.29, 0.717) is 29.2 Å². The Morgan fingerprint density at radius 1 is 1.07 bits per heavy atom. The zero-order valence-electron chi connectivity index (χ0n) is 25.0. The van der Waals surface area contributed by atoms with Crippen molar-refractivity contribution < 1.29 is 37.0 Å². The lowest BCUT2D eigenvalue weighted by Gasteiger charge is -2.28. The molecule has 0 unspecified atom stereocenters. The molecule has 228 valence electrons. The number of alkyl halides is 3. The molecule has 2 aromatic rings. The van der Waals surface area contributed by atoms with Gasteiger partial charge in [0.2, 0.25) is 0 Å². The van der Waals surface area contributed by atoms with Crippen LogP contribution in [0, 0.1) is 0 Å². The highest BCUT2D eigenvalue weighted by atomic mass is 19.4. The second-order valence-electron chi connectivity index (χ2n) is 10.8. The van der Waals surface area contributed by atoms with Crippen molar-refractivity contribution in [3.8, 4) is 11.5 Å². The molecule has 0 bridgehead atoms. The van der Waals surface area contributed by atoms with Crippen molar-refractivity contribution in [2.75, 3.05) is 45.8 Å².